The van der Waals surface area contributed by atoms with Gasteiger partial charge in [-0.05, 0) is 12.1 Å². The van der Waals surface area contributed by atoms with Crippen molar-refractivity contribution in [2.45, 2.75) is 27.0 Å². The van der Waals surface area contributed by atoms with Crippen molar-refractivity contribution in [2.75, 3.05) is 7.11 Å². The molecule has 1 aromatic rings. The summed E-state index contributed by atoms with van der Waals surface area (Å²) < 4.78 is 5.27. The van der Waals surface area contributed by atoms with E-state index in [1.807, 2.05) is 39.0 Å². The zero-order chi connectivity index (χ0) is 12.2. The van der Waals surface area contributed by atoms with Crippen LogP contribution in [0, 0.1) is 5.41 Å². The number of benzene rings is 1. The second-order valence-electron chi connectivity index (χ2n) is 4.82. The summed E-state index contributed by atoms with van der Waals surface area (Å²) in [6.07, 6.45) is -0.291. The minimum absolute atomic E-state index is 0.109. The molecular formula is C13H19NO2. The van der Waals surface area contributed by atoms with Crippen LogP contribution in [-0.2, 0) is 4.74 Å². The summed E-state index contributed by atoms with van der Waals surface area (Å²) in [6, 6.07) is 9.13. The van der Waals surface area contributed by atoms with Crippen LogP contribution in [0.5, 0.6) is 0 Å². The van der Waals surface area contributed by atoms with Gasteiger partial charge in [0, 0.05) is 18.1 Å². The van der Waals surface area contributed by atoms with Gasteiger partial charge in [-0.15, -0.1) is 0 Å². The van der Waals surface area contributed by atoms with Crippen molar-refractivity contribution in [3.05, 3.63) is 35.9 Å². The topological polar surface area (TPSA) is 38.3 Å². The molecule has 0 radical (unpaired) electrons. The van der Waals surface area contributed by atoms with Crippen LogP contribution < -0.4 is 5.32 Å². The molecule has 3 nitrogen and oxygen atoms in total. The molecule has 0 aliphatic rings. The Bertz CT molecular complexity index is 341. The number of nitrogens with one attached hydrogen (secondary N) is 1. The number of carbonyl (C=O) groups is 1. The maximum atomic E-state index is 11.9. The molecule has 0 fully saturated rings. The summed E-state index contributed by atoms with van der Waals surface area (Å²) >= 11 is 0. The highest BCUT2D eigenvalue weighted by molar-refractivity contribution is 5.94. The molecule has 0 aromatic heterocycles. The molecule has 1 rings (SSSR count). The molecule has 0 aliphatic heterocycles. The fourth-order valence-electron chi connectivity index (χ4n) is 1.42. The van der Waals surface area contributed by atoms with Gasteiger partial charge in [0.2, 0.25) is 0 Å². The van der Waals surface area contributed by atoms with Gasteiger partial charge in [0.15, 0.2) is 0 Å². The van der Waals surface area contributed by atoms with Gasteiger partial charge in [-0.2, -0.15) is 0 Å². The number of ether oxygens (including phenoxy) is 1. The van der Waals surface area contributed by atoms with Crippen molar-refractivity contribution in [3.8, 4) is 0 Å². The van der Waals surface area contributed by atoms with E-state index in [2.05, 4.69) is 5.32 Å². The minimum Gasteiger partial charge on any atom is -0.361 e. The van der Waals surface area contributed by atoms with Crippen molar-refractivity contribution in [1.29, 1.82) is 0 Å². The zero-order valence-electron chi connectivity index (χ0n) is 10.3. The third kappa shape index (κ3) is 3.35. The van der Waals surface area contributed by atoms with E-state index in [0.717, 1.165) is 0 Å². The van der Waals surface area contributed by atoms with E-state index in [4.69, 9.17) is 4.74 Å². The van der Waals surface area contributed by atoms with Crippen molar-refractivity contribution in [1.82, 2.24) is 5.32 Å². The maximum Gasteiger partial charge on any atom is 0.253 e. The molecule has 1 atom stereocenters. The SMILES string of the molecule is COC(NC(=O)c1ccccc1)C(C)(C)C. The Kier molecular flexibility index (Phi) is 4.07. The van der Waals surface area contributed by atoms with Crippen LogP contribution in [0.15, 0.2) is 30.3 Å². The lowest BCUT2D eigenvalue weighted by molar-refractivity contribution is -0.00555. The summed E-state index contributed by atoms with van der Waals surface area (Å²) in [5.41, 5.74) is 0.521. The second-order valence-corrected chi connectivity index (χ2v) is 4.82. The number of carbonyl (C=O) groups excluding carboxylic acids is 1. The number of amides is 1. The zero-order valence-corrected chi connectivity index (χ0v) is 10.3. The van der Waals surface area contributed by atoms with Gasteiger partial charge in [-0.1, -0.05) is 39.0 Å². The lowest BCUT2D eigenvalue weighted by Gasteiger charge is -2.29. The van der Waals surface area contributed by atoms with Gasteiger partial charge >= 0.3 is 0 Å². The van der Waals surface area contributed by atoms with Crippen LogP contribution in [0.25, 0.3) is 0 Å². The molecule has 0 heterocycles. The highest BCUT2D eigenvalue weighted by Gasteiger charge is 2.26. The summed E-state index contributed by atoms with van der Waals surface area (Å²) in [4.78, 5) is 11.9. The fourth-order valence-corrected chi connectivity index (χ4v) is 1.42. The average Bonchev–Trinajstić information content (AvgIpc) is 2.25. The van der Waals surface area contributed by atoms with E-state index in [9.17, 15) is 4.79 Å². The minimum atomic E-state index is -0.291. The van der Waals surface area contributed by atoms with E-state index in [1.165, 1.54) is 0 Å². The molecule has 0 saturated heterocycles. The van der Waals surface area contributed by atoms with Gasteiger partial charge < -0.3 is 10.1 Å². The monoisotopic (exact) mass is 221 g/mol. The van der Waals surface area contributed by atoms with Crippen LogP contribution in [0.3, 0.4) is 0 Å². The molecule has 0 spiro atoms. The predicted molar refractivity (Wildman–Crippen MR) is 64.2 cm³/mol. The van der Waals surface area contributed by atoms with Crippen LogP contribution in [-0.4, -0.2) is 19.2 Å². The number of hydrogen-bond acceptors (Lipinski definition) is 2. The summed E-state index contributed by atoms with van der Waals surface area (Å²) in [7, 11) is 1.60. The smallest absolute Gasteiger partial charge is 0.253 e. The van der Waals surface area contributed by atoms with Crippen molar-refractivity contribution in [3.63, 3.8) is 0 Å². The van der Waals surface area contributed by atoms with Crippen LogP contribution in [0.1, 0.15) is 31.1 Å². The Morgan fingerprint density at radius 1 is 1.25 bits per heavy atom. The molecule has 1 N–H and O–H groups in total. The van der Waals surface area contributed by atoms with E-state index < -0.39 is 0 Å². The molecular weight excluding hydrogens is 202 g/mol. The lowest BCUT2D eigenvalue weighted by atomic mass is 9.94. The maximum absolute atomic E-state index is 11.9. The molecule has 0 bridgehead atoms. The largest absolute Gasteiger partial charge is 0.361 e. The fraction of sp³-hybridized carbons (Fsp3) is 0.462. The van der Waals surface area contributed by atoms with Gasteiger partial charge in [-0.3, -0.25) is 4.79 Å². The Labute approximate surface area is 96.8 Å². The normalized spacial score (nSPS) is 13.2. The van der Waals surface area contributed by atoms with E-state index in [0.29, 0.717) is 5.56 Å². The van der Waals surface area contributed by atoms with Gasteiger partial charge in [0.25, 0.3) is 5.91 Å². The Balaban J connectivity index is 2.71. The summed E-state index contributed by atoms with van der Waals surface area (Å²) in [5, 5.41) is 2.86. The molecule has 0 aliphatic carbocycles. The number of methoxy groups -OCH3 is 1. The Hall–Kier alpha value is -1.35. The molecule has 1 aromatic carbocycles. The molecule has 88 valence electrons. The first-order valence-electron chi connectivity index (χ1n) is 5.34. The molecule has 0 saturated carbocycles. The molecule has 1 amide bonds. The lowest BCUT2D eigenvalue weighted by Crippen LogP contribution is -2.44. The van der Waals surface area contributed by atoms with Gasteiger partial charge in [0.1, 0.15) is 6.23 Å². The van der Waals surface area contributed by atoms with Crippen molar-refractivity contribution in [2.24, 2.45) is 5.41 Å². The molecule has 3 heteroatoms. The standard InChI is InChI=1S/C13H19NO2/c1-13(2,3)12(16-4)14-11(15)10-8-6-5-7-9-10/h5-9,12H,1-4H3,(H,14,15). The second kappa shape index (κ2) is 5.12. The first-order chi connectivity index (χ1) is 7.45. The van der Waals surface area contributed by atoms with Crippen LogP contribution >= 0.6 is 0 Å². The van der Waals surface area contributed by atoms with Crippen LogP contribution in [0.2, 0.25) is 0 Å². The highest BCUT2D eigenvalue weighted by atomic mass is 16.5. The average molecular weight is 221 g/mol. The van der Waals surface area contributed by atoms with Gasteiger partial charge in [0.05, 0.1) is 0 Å². The quantitative estimate of drug-likeness (QED) is 0.796. The van der Waals surface area contributed by atoms with Crippen molar-refractivity contribution >= 4 is 5.91 Å². The Morgan fingerprint density at radius 2 is 1.81 bits per heavy atom. The Morgan fingerprint density at radius 3 is 2.25 bits per heavy atom. The van der Waals surface area contributed by atoms with Crippen molar-refractivity contribution < 1.29 is 9.53 Å². The molecule has 16 heavy (non-hydrogen) atoms. The summed E-state index contributed by atoms with van der Waals surface area (Å²) in [6.45, 7) is 6.06. The first kappa shape index (κ1) is 12.7. The number of hydrogen-bond donors (Lipinski definition) is 1. The van der Waals surface area contributed by atoms with Gasteiger partial charge in [-0.25, -0.2) is 0 Å². The molecule has 1 unspecified atom stereocenters. The van der Waals surface area contributed by atoms with E-state index >= 15 is 0 Å². The highest BCUT2D eigenvalue weighted by Crippen LogP contribution is 2.19. The van der Waals surface area contributed by atoms with E-state index in [-0.39, 0.29) is 17.6 Å². The third-order valence-corrected chi connectivity index (χ3v) is 2.32. The van der Waals surface area contributed by atoms with Crippen LogP contribution in [0.4, 0.5) is 0 Å². The third-order valence-electron chi connectivity index (χ3n) is 2.32. The number of rotatable bonds is 3. The first-order valence-corrected chi connectivity index (χ1v) is 5.34. The van der Waals surface area contributed by atoms with E-state index in [1.54, 1.807) is 19.2 Å². The predicted octanol–water partition coefficient (Wildman–Crippen LogP) is 2.44. The summed E-state index contributed by atoms with van der Waals surface area (Å²) in [5.74, 6) is -0.109.